The van der Waals surface area contributed by atoms with Crippen molar-refractivity contribution in [2.45, 2.75) is 50.4 Å². The van der Waals surface area contributed by atoms with Crippen LogP contribution in [0.3, 0.4) is 0 Å². The van der Waals surface area contributed by atoms with E-state index in [2.05, 4.69) is 5.32 Å². The molecule has 1 heterocycles. The lowest BCUT2D eigenvalue weighted by Crippen LogP contribution is -2.48. The highest BCUT2D eigenvalue weighted by Gasteiger charge is 2.51. The topological polar surface area (TPSA) is 52.6 Å². The quantitative estimate of drug-likeness (QED) is 0.828. The first-order chi connectivity index (χ1) is 12.2. The number of benzene rings is 1. The number of hydrogen-bond donors (Lipinski definition) is 1. The Balaban J connectivity index is 1.62. The maximum Gasteiger partial charge on any atom is 0.416 e. The van der Waals surface area contributed by atoms with Crippen LogP contribution in [0.15, 0.2) is 24.3 Å². The number of carbonyl (C=O) groups is 2. The number of urea groups is 1. The third kappa shape index (κ3) is 3.70. The summed E-state index contributed by atoms with van der Waals surface area (Å²) < 4.78 is 37.8. The predicted octanol–water partition coefficient (Wildman–Crippen LogP) is 3.35. The standard InChI is InChI=1S/C18H22F3N3O2/c1-23(11-13-5-7-14(8-6-13)18(19,20)21)12-24-15(25)17(22-16(24)26)9-3-2-4-10-17/h5-8H,2-4,9-12H2,1H3,(H,22,26). The van der Waals surface area contributed by atoms with Crippen molar-refractivity contribution in [3.8, 4) is 0 Å². The van der Waals surface area contributed by atoms with Gasteiger partial charge in [0.05, 0.1) is 12.2 Å². The molecule has 1 aromatic rings. The Morgan fingerprint density at radius 3 is 2.31 bits per heavy atom. The monoisotopic (exact) mass is 369 g/mol. The van der Waals surface area contributed by atoms with Crippen LogP contribution >= 0.6 is 0 Å². The van der Waals surface area contributed by atoms with Gasteiger partial charge in [-0.05, 0) is 37.6 Å². The van der Waals surface area contributed by atoms with Crippen molar-refractivity contribution in [2.24, 2.45) is 0 Å². The Kier molecular flexibility index (Phi) is 4.96. The van der Waals surface area contributed by atoms with E-state index in [4.69, 9.17) is 0 Å². The molecule has 0 radical (unpaired) electrons. The van der Waals surface area contributed by atoms with Gasteiger partial charge in [0.15, 0.2) is 0 Å². The Morgan fingerprint density at radius 2 is 1.73 bits per heavy atom. The summed E-state index contributed by atoms with van der Waals surface area (Å²) in [5.41, 5.74) is -0.776. The highest BCUT2D eigenvalue weighted by molar-refractivity contribution is 6.07. The number of carbonyl (C=O) groups excluding carboxylic acids is 2. The van der Waals surface area contributed by atoms with Gasteiger partial charge in [-0.2, -0.15) is 13.2 Å². The molecule has 1 saturated heterocycles. The van der Waals surface area contributed by atoms with Gasteiger partial charge in [0, 0.05) is 6.54 Å². The molecule has 3 amide bonds. The number of imide groups is 1. The predicted molar refractivity (Wildman–Crippen MR) is 89.0 cm³/mol. The zero-order valence-corrected chi connectivity index (χ0v) is 14.6. The van der Waals surface area contributed by atoms with Crippen molar-refractivity contribution < 1.29 is 22.8 Å². The fourth-order valence-electron chi connectivity index (χ4n) is 3.70. The zero-order valence-electron chi connectivity index (χ0n) is 14.6. The van der Waals surface area contributed by atoms with Crippen LogP contribution in [-0.2, 0) is 17.5 Å². The molecule has 5 nitrogen and oxygen atoms in total. The molecule has 142 valence electrons. The highest BCUT2D eigenvalue weighted by Crippen LogP contribution is 2.34. The third-order valence-electron chi connectivity index (χ3n) is 5.07. The van der Waals surface area contributed by atoms with Crippen molar-refractivity contribution in [3.63, 3.8) is 0 Å². The van der Waals surface area contributed by atoms with Crippen LogP contribution in [0.4, 0.5) is 18.0 Å². The van der Waals surface area contributed by atoms with Crippen LogP contribution < -0.4 is 5.32 Å². The summed E-state index contributed by atoms with van der Waals surface area (Å²) in [4.78, 5) is 27.9. The molecule has 2 fully saturated rings. The molecular weight excluding hydrogens is 347 g/mol. The largest absolute Gasteiger partial charge is 0.416 e. The van der Waals surface area contributed by atoms with E-state index < -0.39 is 23.3 Å². The van der Waals surface area contributed by atoms with Gasteiger partial charge >= 0.3 is 12.2 Å². The van der Waals surface area contributed by atoms with Gasteiger partial charge in [0.2, 0.25) is 0 Å². The summed E-state index contributed by atoms with van der Waals surface area (Å²) in [6.07, 6.45) is -0.132. The van der Waals surface area contributed by atoms with E-state index in [1.165, 1.54) is 17.0 Å². The van der Waals surface area contributed by atoms with E-state index in [1.807, 2.05) is 0 Å². The lowest BCUT2D eigenvalue weighted by molar-refractivity contribution is -0.137. The summed E-state index contributed by atoms with van der Waals surface area (Å²) in [5.74, 6) is -0.193. The Morgan fingerprint density at radius 1 is 1.12 bits per heavy atom. The number of alkyl halides is 3. The third-order valence-corrected chi connectivity index (χ3v) is 5.07. The van der Waals surface area contributed by atoms with E-state index in [9.17, 15) is 22.8 Å². The summed E-state index contributed by atoms with van der Waals surface area (Å²) in [6.45, 7) is 0.440. The van der Waals surface area contributed by atoms with E-state index in [-0.39, 0.29) is 12.6 Å². The maximum atomic E-state index is 12.7. The van der Waals surface area contributed by atoms with E-state index in [0.717, 1.165) is 31.4 Å². The SMILES string of the molecule is CN(Cc1ccc(C(F)(F)F)cc1)CN1C(=O)NC2(CCCCC2)C1=O. The zero-order chi connectivity index (χ0) is 18.9. The average molecular weight is 369 g/mol. The molecule has 0 unspecified atom stereocenters. The minimum atomic E-state index is -4.36. The van der Waals surface area contributed by atoms with Crippen LogP contribution in [-0.4, -0.2) is 41.0 Å². The first-order valence-corrected chi connectivity index (χ1v) is 8.70. The number of amides is 3. The molecule has 0 aromatic heterocycles. The van der Waals surface area contributed by atoms with Crippen molar-refractivity contribution in [3.05, 3.63) is 35.4 Å². The molecular formula is C18H22F3N3O2. The molecule has 1 N–H and O–H groups in total. The minimum Gasteiger partial charge on any atom is -0.323 e. The van der Waals surface area contributed by atoms with Gasteiger partial charge in [0.25, 0.3) is 5.91 Å². The summed E-state index contributed by atoms with van der Waals surface area (Å²) in [6, 6.07) is 4.50. The van der Waals surface area contributed by atoms with Crippen LogP contribution in [0.25, 0.3) is 0 Å². The second-order valence-corrected chi connectivity index (χ2v) is 7.16. The van der Waals surface area contributed by atoms with Gasteiger partial charge in [-0.3, -0.25) is 9.69 Å². The molecule has 0 atom stereocenters. The van der Waals surface area contributed by atoms with E-state index in [0.29, 0.717) is 24.9 Å². The molecule has 1 aliphatic carbocycles. The number of rotatable bonds is 4. The van der Waals surface area contributed by atoms with Gasteiger partial charge in [-0.15, -0.1) is 0 Å². The van der Waals surface area contributed by atoms with Gasteiger partial charge < -0.3 is 5.32 Å². The molecule has 26 heavy (non-hydrogen) atoms. The second kappa shape index (κ2) is 6.90. The second-order valence-electron chi connectivity index (χ2n) is 7.16. The number of nitrogens with one attached hydrogen (secondary N) is 1. The van der Waals surface area contributed by atoms with Gasteiger partial charge in [-0.25, -0.2) is 9.69 Å². The highest BCUT2D eigenvalue weighted by atomic mass is 19.4. The van der Waals surface area contributed by atoms with Crippen molar-refractivity contribution in [1.29, 1.82) is 0 Å². The first-order valence-electron chi connectivity index (χ1n) is 8.70. The lowest BCUT2D eigenvalue weighted by Gasteiger charge is -2.31. The lowest BCUT2D eigenvalue weighted by atomic mass is 9.82. The number of nitrogens with zero attached hydrogens (tertiary/aromatic N) is 2. The normalized spacial score (nSPS) is 20.1. The Labute approximate surface area is 150 Å². The van der Waals surface area contributed by atoms with Crippen LogP contribution in [0, 0.1) is 0 Å². The van der Waals surface area contributed by atoms with E-state index in [1.54, 1.807) is 11.9 Å². The maximum absolute atomic E-state index is 12.7. The van der Waals surface area contributed by atoms with Crippen molar-refractivity contribution >= 4 is 11.9 Å². The fraction of sp³-hybridized carbons (Fsp3) is 0.556. The van der Waals surface area contributed by atoms with Crippen molar-refractivity contribution in [2.75, 3.05) is 13.7 Å². The van der Waals surface area contributed by atoms with Crippen LogP contribution in [0.1, 0.15) is 43.2 Å². The molecule has 1 aliphatic heterocycles. The molecule has 0 bridgehead atoms. The van der Waals surface area contributed by atoms with Gasteiger partial charge in [-0.1, -0.05) is 31.4 Å². The molecule has 1 spiro atoms. The smallest absolute Gasteiger partial charge is 0.323 e. The summed E-state index contributed by atoms with van der Waals surface area (Å²) in [7, 11) is 1.73. The minimum absolute atomic E-state index is 0.105. The molecule has 3 rings (SSSR count). The fourth-order valence-corrected chi connectivity index (χ4v) is 3.70. The number of hydrogen-bond acceptors (Lipinski definition) is 3. The molecule has 1 saturated carbocycles. The molecule has 8 heteroatoms. The molecule has 2 aliphatic rings. The molecule has 1 aromatic carbocycles. The summed E-state index contributed by atoms with van der Waals surface area (Å²) >= 11 is 0. The van der Waals surface area contributed by atoms with Crippen molar-refractivity contribution in [1.82, 2.24) is 15.1 Å². The Bertz CT molecular complexity index is 682. The Hall–Kier alpha value is -2.09. The summed E-state index contributed by atoms with van der Waals surface area (Å²) in [5, 5.41) is 2.85. The van der Waals surface area contributed by atoms with Crippen LogP contribution in [0.2, 0.25) is 0 Å². The first kappa shape index (κ1) is 18.7. The average Bonchev–Trinajstić information content (AvgIpc) is 2.79. The van der Waals surface area contributed by atoms with Crippen LogP contribution in [0.5, 0.6) is 0 Å². The number of halogens is 3. The van der Waals surface area contributed by atoms with E-state index >= 15 is 0 Å². The van der Waals surface area contributed by atoms with Gasteiger partial charge in [0.1, 0.15) is 5.54 Å².